The zero-order valence-corrected chi connectivity index (χ0v) is 19.9. The van der Waals surface area contributed by atoms with Gasteiger partial charge in [-0.25, -0.2) is 4.98 Å². The number of fused-ring (bicyclic) bond motifs is 4. The molecule has 0 saturated carbocycles. The molecule has 168 valence electrons. The first-order valence-electron chi connectivity index (χ1n) is 11.5. The second-order valence-electron chi connectivity index (χ2n) is 9.47. The van der Waals surface area contributed by atoms with Gasteiger partial charge in [0.25, 0.3) is 5.56 Å². The number of carbonyl (C=O) groups excluding carboxylic acids is 1. The molecule has 1 atom stereocenters. The molecule has 0 N–H and O–H groups in total. The number of carbonyl (C=O) groups is 1. The monoisotopic (exact) mass is 450 g/mol. The van der Waals surface area contributed by atoms with E-state index in [1.165, 1.54) is 16.0 Å². The Balaban J connectivity index is 1.57. The Kier molecular flexibility index (Phi) is 5.63. The van der Waals surface area contributed by atoms with Crippen LogP contribution in [0.15, 0.2) is 29.1 Å². The molecule has 1 aromatic carbocycles. The first-order valence-corrected chi connectivity index (χ1v) is 12.3. The minimum atomic E-state index is -0.0578. The molecule has 1 amide bonds. The van der Waals surface area contributed by atoms with E-state index >= 15 is 0 Å². The molecule has 0 saturated heterocycles. The number of thiophene rings is 1. The number of anilines is 1. The molecule has 32 heavy (non-hydrogen) atoms. The van der Waals surface area contributed by atoms with E-state index in [9.17, 15) is 9.59 Å². The Labute approximate surface area is 192 Å². The van der Waals surface area contributed by atoms with E-state index < -0.39 is 0 Å². The number of hydrogen-bond donors (Lipinski definition) is 0. The number of benzene rings is 1. The Bertz CT molecular complexity index is 1240. The summed E-state index contributed by atoms with van der Waals surface area (Å²) in [5.74, 6) is 1.26. The third-order valence-electron chi connectivity index (χ3n) is 6.66. The summed E-state index contributed by atoms with van der Waals surface area (Å²) < 4.78 is 1.63. The maximum atomic E-state index is 13.7. The lowest BCUT2D eigenvalue weighted by molar-refractivity contribution is -0.119. The van der Waals surface area contributed by atoms with Gasteiger partial charge >= 0.3 is 0 Å². The number of rotatable bonds is 4. The fourth-order valence-electron chi connectivity index (χ4n) is 5.05. The van der Waals surface area contributed by atoms with Crippen LogP contribution in [-0.2, 0) is 37.1 Å². The molecule has 0 radical (unpaired) electrons. The van der Waals surface area contributed by atoms with E-state index in [0.717, 1.165) is 48.0 Å². The van der Waals surface area contributed by atoms with Crippen LogP contribution in [0.3, 0.4) is 0 Å². The fourth-order valence-corrected chi connectivity index (χ4v) is 6.44. The van der Waals surface area contributed by atoms with Gasteiger partial charge in [-0.1, -0.05) is 25.1 Å². The lowest BCUT2D eigenvalue weighted by Gasteiger charge is -2.30. The van der Waals surface area contributed by atoms with Crippen molar-refractivity contribution in [2.75, 3.05) is 25.5 Å². The summed E-state index contributed by atoms with van der Waals surface area (Å²) >= 11 is 1.67. The van der Waals surface area contributed by atoms with E-state index in [1.807, 2.05) is 42.1 Å². The molecule has 1 aliphatic carbocycles. The molecule has 1 aliphatic heterocycles. The van der Waals surface area contributed by atoms with Gasteiger partial charge in [-0.2, -0.15) is 0 Å². The van der Waals surface area contributed by atoms with Gasteiger partial charge in [0.15, 0.2) is 0 Å². The molecule has 5 rings (SSSR count). The highest BCUT2D eigenvalue weighted by Crippen LogP contribution is 2.36. The summed E-state index contributed by atoms with van der Waals surface area (Å²) in [6, 6.07) is 8.09. The zero-order chi connectivity index (χ0) is 22.4. The minimum Gasteiger partial charge on any atom is -0.311 e. The van der Waals surface area contributed by atoms with E-state index in [4.69, 9.17) is 4.98 Å². The summed E-state index contributed by atoms with van der Waals surface area (Å²) in [4.78, 5) is 38.1. The molecule has 3 heterocycles. The van der Waals surface area contributed by atoms with Crippen LogP contribution in [0.1, 0.15) is 41.6 Å². The van der Waals surface area contributed by atoms with Crippen molar-refractivity contribution in [2.45, 2.75) is 52.1 Å². The Morgan fingerprint density at radius 2 is 2.06 bits per heavy atom. The average molecular weight is 451 g/mol. The highest BCUT2D eigenvalue weighted by atomic mass is 32.1. The van der Waals surface area contributed by atoms with Crippen molar-refractivity contribution >= 4 is 33.1 Å². The van der Waals surface area contributed by atoms with Gasteiger partial charge in [-0.15, -0.1) is 11.3 Å². The molecule has 0 bridgehead atoms. The van der Waals surface area contributed by atoms with Crippen LogP contribution in [0, 0.1) is 5.92 Å². The van der Waals surface area contributed by atoms with E-state index in [1.54, 1.807) is 15.9 Å². The third kappa shape index (κ3) is 3.77. The molecule has 6 nitrogen and oxygen atoms in total. The first kappa shape index (κ1) is 21.3. The second kappa shape index (κ2) is 8.45. The minimum absolute atomic E-state index is 0.0281. The van der Waals surface area contributed by atoms with Gasteiger partial charge in [-0.05, 0) is 69.3 Å². The number of aryl methyl sites for hydroxylation is 2. The van der Waals surface area contributed by atoms with Gasteiger partial charge in [0.05, 0.1) is 11.9 Å². The van der Waals surface area contributed by atoms with Crippen molar-refractivity contribution in [1.82, 2.24) is 14.5 Å². The molecular weight excluding hydrogens is 420 g/mol. The van der Waals surface area contributed by atoms with Crippen LogP contribution in [-0.4, -0.2) is 41.0 Å². The third-order valence-corrected chi connectivity index (χ3v) is 7.80. The molecule has 0 spiro atoms. The van der Waals surface area contributed by atoms with E-state index in [2.05, 4.69) is 13.0 Å². The van der Waals surface area contributed by atoms with Crippen molar-refractivity contribution in [3.8, 4) is 0 Å². The Morgan fingerprint density at radius 3 is 2.88 bits per heavy atom. The van der Waals surface area contributed by atoms with Crippen molar-refractivity contribution < 1.29 is 4.79 Å². The van der Waals surface area contributed by atoms with Crippen LogP contribution >= 0.6 is 11.3 Å². The normalized spacial score (nSPS) is 18.1. The molecule has 7 heteroatoms. The maximum absolute atomic E-state index is 13.7. The van der Waals surface area contributed by atoms with Crippen LogP contribution in [0.4, 0.5) is 5.69 Å². The molecule has 2 aromatic heterocycles. The van der Waals surface area contributed by atoms with E-state index in [0.29, 0.717) is 24.8 Å². The lowest BCUT2D eigenvalue weighted by atomic mass is 9.89. The van der Waals surface area contributed by atoms with Gasteiger partial charge in [0.2, 0.25) is 5.91 Å². The van der Waals surface area contributed by atoms with Crippen LogP contribution in [0.5, 0.6) is 0 Å². The molecular formula is C25H30N4O2S. The van der Waals surface area contributed by atoms with Crippen molar-refractivity contribution in [2.24, 2.45) is 5.92 Å². The Hall–Kier alpha value is -2.51. The number of amides is 1. The quantitative estimate of drug-likeness (QED) is 0.609. The van der Waals surface area contributed by atoms with Crippen molar-refractivity contribution in [3.63, 3.8) is 0 Å². The standard InChI is InChI=1S/C25H30N4O2S/c1-16-10-11-18-20(13-16)32-24-23(18)25(31)29(21(26-24)14-27(2)3)15-22(30)28-12-6-8-17-7-4-5-9-19(17)28/h4-5,7,9,16H,6,8,10-15H2,1-3H3. The predicted molar refractivity (Wildman–Crippen MR) is 130 cm³/mol. The van der Waals surface area contributed by atoms with Gasteiger partial charge in [0, 0.05) is 17.1 Å². The van der Waals surface area contributed by atoms with Crippen LogP contribution in [0.25, 0.3) is 10.2 Å². The highest BCUT2D eigenvalue weighted by molar-refractivity contribution is 7.18. The van der Waals surface area contributed by atoms with Crippen LogP contribution < -0.4 is 10.5 Å². The molecule has 2 aliphatic rings. The topological polar surface area (TPSA) is 58.4 Å². The summed E-state index contributed by atoms with van der Waals surface area (Å²) in [5.41, 5.74) is 3.28. The van der Waals surface area contributed by atoms with Gasteiger partial charge in [-0.3, -0.25) is 14.2 Å². The zero-order valence-electron chi connectivity index (χ0n) is 19.1. The molecule has 3 aromatic rings. The van der Waals surface area contributed by atoms with Gasteiger partial charge < -0.3 is 9.80 Å². The van der Waals surface area contributed by atoms with Crippen LogP contribution in [0.2, 0.25) is 0 Å². The largest absolute Gasteiger partial charge is 0.311 e. The predicted octanol–water partition coefficient (Wildman–Crippen LogP) is 3.62. The summed E-state index contributed by atoms with van der Waals surface area (Å²) in [6.07, 6.45) is 4.96. The average Bonchev–Trinajstić information content (AvgIpc) is 3.12. The number of para-hydroxylation sites is 1. The van der Waals surface area contributed by atoms with Crippen molar-refractivity contribution in [1.29, 1.82) is 0 Å². The Morgan fingerprint density at radius 1 is 1.25 bits per heavy atom. The molecule has 1 unspecified atom stereocenters. The van der Waals surface area contributed by atoms with Gasteiger partial charge in [0.1, 0.15) is 17.2 Å². The number of hydrogen-bond acceptors (Lipinski definition) is 5. The smallest absolute Gasteiger partial charge is 0.263 e. The second-order valence-corrected chi connectivity index (χ2v) is 10.6. The maximum Gasteiger partial charge on any atom is 0.263 e. The fraction of sp³-hybridized carbons (Fsp3) is 0.480. The first-order chi connectivity index (χ1) is 15.4. The summed E-state index contributed by atoms with van der Waals surface area (Å²) in [5, 5.41) is 0.742. The molecule has 0 fully saturated rings. The summed E-state index contributed by atoms with van der Waals surface area (Å²) in [7, 11) is 3.93. The number of aromatic nitrogens is 2. The van der Waals surface area contributed by atoms with E-state index in [-0.39, 0.29) is 18.0 Å². The number of nitrogens with zero attached hydrogens (tertiary/aromatic N) is 4. The van der Waals surface area contributed by atoms with Crippen molar-refractivity contribution in [3.05, 3.63) is 56.4 Å². The highest BCUT2D eigenvalue weighted by Gasteiger charge is 2.27. The SMILES string of the molecule is CC1CCc2c(sc3nc(CN(C)C)n(CC(=O)N4CCCc5ccccc54)c(=O)c23)C1. The lowest BCUT2D eigenvalue weighted by Crippen LogP contribution is -2.41. The summed E-state index contributed by atoms with van der Waals surface area (Å²) in [6.45, 7) is 3.51.